The fraction of sp³-hybridized carbons (Fsp3) is 0.533. The topological polar surface area (TPSA) is 86.0 Å². The Balaban J connectivity index is 1.51. The van der Waals surface area contributed by atoms with Gasteiger partial charge in [0.05, 0.1) is 12.6 Å². The van der Waals surface area contributed by atoms with Crippen molar-refractivity contribution < 1.29 is 9.53 Å². The van der Waals surface area contributed by atoms with Crippen LogP contribution in [0.3, 0.4) is 0 Å². The second-order valence-corrected chi connectivity index (χ2v) is 5.43. The number of imidazole rings is 1. The quantitative estimate of drug-likeness (QED) is 0.829. The average Bonchev–Trinajstić information content (AvgIpc) is 3.28. The second-order valence-electron chi connectivity index (χ2n) is 5.43. The summed E-state index contributed by atoms with van der Waals surface area (Å²) in [5.74, 6) is 0.867. The second kappa shape index (κ2) is 7.28. The van der Waals surface area contributed by atoms with Crippen molar-refractivity contribution in [3.05, 3.63) is 36.7 Å². The van der Waals surface area contributed by atoms with Gasteiger partial charge in [0.1, 0.15) is 11.9 Å². The molecule has 8 heteroatoms. The van der Waals surface area contributed by atoms with Crippen molar-refractivity contribution in [2.24, 2.45) is 0 Å². The first-order valence-corrected chi connectivity index (χ1v) is 7.92. The van der Waals surface area contributed by atoms with Gasteiger partial charge in [0, 0.05) is 44.5 Å². The Morgan fingerprint density at radius 2 is 2.35 bits per heavy atom. The molecule has 3 rings (SSSR count). The summed E-state index contributed by atoms with van der Waals surface area (Å²) in [6, 6.07) is 1.61. The molecule has 3 heterocycles. The number of nitrogens with one attached hydrogen (secondary N) is 2. The summed E-state index contributed by atoms with van der Waals surface area (Å²) in [4.78, 5) is 16.4. The van der Waals surface area contributed by atoms with Crippen LogP contribution in [0, 0.1) is 0 Å². The van der Waals surface area contributed by atoms with Gasteiger partial charge in [0.2, 0.25) is 0 Å². The zero-order valence-electron chi connectivity index (χ0n) is 13.2. The average molecular weight is 318 g/mol. The lowest BCUT2D eigenvalue weighted by molar-refractivity contribution is 0.0901. The Hall–Kier alpha value is -2.35. The number of hydrogen-bond donors (Lipinski definition) is 2. The van der Waals surface area contributed by atoms with E-state index < -0.39 is 0 Å². The summed E-state index contributed by atoms with van der Waals surface area (Å²) in [6.45, 7) is 4.68. The van der Waals surface area contributed by atoms with Gasteiger partial charge in [-0.05, 0) is 19.4 Å². The molecule has 2 N–H and O–H groups in total. The van der Waals surface area contributed by atoms with Crippen LogP contribution in [-0.2, 0) is 17.8 Å². The number of amides is 2. The molecule has 1 fully saturated rings. The van der Waals surface area contributed by atoms with Crippen LogP contribution in [-0.4, -0.2) is 44.6 Å². The van der Waals surface area contributed by atoms with Crippen LogP contribution < -0.4 is 10.6 Å². The normalized spacial score (nSPS) is 20.6. The Bertz CT molecular complexity index is 624. The molecule has 1 aliphatic rings. The monoisotopic (exact) mass is 318 g/mol. The Labute approximate surface area is 134 Å². The first kappa shape index (κ1) is 15.5. The lowest BCUT2D eigenvalue weighted by atomic mass is 10.1. The number of aryl methyl sites for hydroxylation is 1. The Morgan fingerprint density at radius 1 is 1.43 bits per heavy atom. The fourth-order valence-electron chi connectivity index (χ4n) is 2.77. The molecular formula is C15H22N6O2. The molecule has 2 atom stereocenters. The van der Waals surface area contributed by atoms with E-state index in [1.165, 1.54) is 0 Å². The van der Waals surface area contributed by atoms with Gasteiger partial charge in [-0.1, -0.05) is 0 Å². The fourth-order valence-corrected chi connectivity index (χ4v) is 2.77. The van der Waals surface area contributed by atoms with Gasteiger partial charge in [0.25, 0.3) is 0 Å². The molecule has 1 saturated heterocycles. The maximum atomic E-state index is 12.1. The summed E-state index contributed by atoms with van der Waals surface area (Å²) >= 11 is 0. The minimum absolute atomic E-state index is 0.0626. The number of ether oxygens (including phenoxy) is 1. The van der Waals surface area contributed by atoms with E-state index >= 15 is 0 Å². The molecule has 8 nitrogen and oxygen atoms in total. The van der Waals surface area contributed by atoms with Crippen molar-refractivity contribution in [2.45, 2.75) is 38.6 Å². The molecule has 0 aromatic carbocycles. The molecule has 1 aliphatic heterocycles. The molecule has 0 saturated carbocycles. The van der Waals surface area contributed by atoms with Crippen LogP contribution in [0.1, 0.15) is 25.3 Å². The first-order valence-electron chi connectivity index (χ1n) is 7.92. The third-order valence-electron chi connectivity index (χ3n) is 3.94. The highest BCUT2D eigenvalue weighted by atomic mass is 16.5. The largest absolute Gasteiger partial charge is 0.368 e. The molecule has 2 aromatic rings. The summed E-state index contributed by atoms with van der Waals surface area (Å²) in [7, 11) is 0. The van der Waals surface area contributed by atoms with E-state index in [1.807, 2.05) is 23.0 Å². The van der Waals surface area contributed by atoms with Crippen LogP contribution in [0.25, 0.3) is 0 Å². The maximum absolute atomic E-state index is 12.1. The number of nitrogens with zero attached hydrogens (tertiary/aromatic N) is 4. The number of carbonyl (C=O) groups excluding carboxylic acids is 1. The number of carbonyl (C=O) groups is 1. The smallest absolute Gasteiger partial charge is 0.315 e. The molecule has 2 aromatic heterocycles. The van der Waals surface area contributed by atoms with Crippen LogP contribution in [0.5, 0.6) is 0 Å². The van der Waals surface area contributed by atoms with E-state index in [1.54, 1.807) is 17.1 Å². The Morgan fingerprint density at radius 3 is 3.13 bits per heavy atom. The van der Waals surface area contributed by atoms with Crippen molar-refractivity contribution in [1.82, 2.24) is 30.0 Å². The minimum atomic E-state index is -0.193. The van der Waals surface area contributed by atoms with Crippen LogP contribution in [0.2, 0.25) is 0 Å². The molecule has 0 aliphatic carbocycles. The summed E-state index contributed by atoms with van der Waals surface area (Å²) < 4.78 is 9.60. The van der Waals surface area contributed by atoms with Crippen molar-refractivity contribution in [1.29, 1.82) is 0 Å². The third kappa shape index (κ3) is 3.70. The van der Waals surface area contributed by atoms with E-state index in [2.05, 4.69) is 27.6 Å². The SMILES string of the molecule is CCn1ccnc1[C@H]1OCC[C@@H]1NC(=O)NCCn1cccn1. The highest BCUT2D eigenvalue weighted by Crippen LogP contribution is 2.28. The van der Waals surface area contributed by atoms with E-state index in [4.69, 9.17) is 4.74 Å². The lowest BCUT2D eigenvalue weighted by Gasteiger charge is -2.20. The molecule has 0 radical (unpaired) electrons. The number of rotatable bonds is 6. The van der Waals surface area contributed by atoms with E-state index in [9.17, 15) is 4.79 Å². The van der Waals surface area contributed by atoms with E-state index in [0.717, 1.165) is 18.8 Å². The lowest BCUT2D eigenvalue weighted by Crippen LogP contribution is -2.44. The number of hydrogen-bond acceptors (Lipinski definition) is 4. The highest BCUT2D eigenvalue weighted by molar-refractivity contribution is 5.74. The summed E-state index contributed by atoms with van der Waals surface area (Å²) in [5.41, 5.74) is 0. The van der Waals surface area contributed by atoms with E-state index in [0.29, 0.717) is 19.7 Å². The third-order valence-corrected chi connectivity index (χ3v) is 3.94. The van der Waals surface area contributed by atoms with Crippen LogP contribution >= 0.6 is 0 Å². The highest BCUT2D eigenvalue weighted by Gasteiger charge is 2.33. The first-order chi connectivity index (χ1) is 11.3. The van der Waals surface area contributed by atoms with Crippen LogP contribution in [0.4, 0.5) is 4.79 Å². The van der Waals surface area contributed by atoms with Gasteiger partial charge in [-0.3, -0.25) is 4.68 Å². The van der Waals surface area contributed by atoms with Crippen molar-refractivity contribution in [2.75, 3.05) is 13.2 Å². The van der Waals surface area contributed by atoms with Gasteiger partial charge in [-0.25, -0.2) is 9.78 Å². The molecule has 2 amide bonds. The molecule has 124 valence electrons. The minimum Gasteiger partial charge on any atom is -0.368 e. The van der Waals surface area contributed by atoms with Gasteiger partial charge in [0.15, 0.2) is 0 Å². The van der Waals surface area contributed by atoms with Crippen molar-refractivity contribution in [3.8, 4) is 0 Å². The van der Waals surface area contributed by atoms with Gasteiger partial charge < -0.3 is 19.9 Å². The number of urea groups is 1. The predicted octanol–water partition coefficient (Wildman–Crippen LogP) is 0.929. The Kier molecular flexibility index (Phi) is 4.92. The molecule has 0 unspecified atom stereocenters. The standard InChI is InChI=1S/C15H22N6O2/c1-2-20-9-6-16-14(20)13-12(4-11-23-13)19-15(22)17-7-10-21-8-3-5-18-21/h3,5-6,8-9,12-13H,2,4,7,10-11H2,1H3,(H2,17,19,22)/t12-,13-/m0/s1. The molecule has 0 bridgehead atoms. The molecule has 23 heavy (non-hydrogen) atoms. The van der Waals surface area contributed by atoms with Gasteiger partial charge in [-0.2, -0.15) is 5.10 Å². The van der Waals surface area contributed by atoms with Gasteiger partial charge in [-0.15, -0.1) is 0 Å². The van der Waals surface area contributed by atoms with E-state index in [-0.39, 0.29) is 18.2 Å². The zero-order valence-corrected chi connectivity index (χ0v) is 13.2. The molecular weight excluding hydrogens is 296 g/mol. The van der Waals surface area contributed by atoms with Crippen LogP contribution in [0.15, 0.2) is 30.9 Å². The molecule has 0 spiro atoms. The number of aromatic nitrogens is 4. The zero-order chi connectivity index (χ0) is 16.1. The maximum Gasteiger partial charge on any atom is 0.315 e. The van der Waals surface area contributed by atoms with Gasteiger partial charge >= 0.3 is 6.03 Å². The van der Waals surface area contributed by atoms with Crippen molar-refractivity contribution >= 4 is 6.03 Å². The summed E-state index contributed by atoms with van der Waals surface area (Å²) in [6.07, 6.45) is 7.87. The summed E-state index contributed by atoms with van der Waals surface area (Å²) in [5, 5.41) is 9.93. The van der Waals surface area contributed by atoms with Crippen molar-refractivity contribution in [3.63, 3.8) is 0 Å². The predicted molar refractivity (Wildman–Crippen MR) is 83.8 cm³/mol.